The molecule has 1 aromatic carbocycles. The summed E-state index contributed by atoms with van der Waals surface area (Å²) in [4.78, 5) is 15.6. The molecule has 1 aromatic heterocycles. The Kier molecular flexibility index (Phi) is 4.96. The third-order valence-electron chi connectivity index (χ3n) is 3.43. The van der Waals surface area contributed by atoms with Crippen LogP contribution in [0.4, 0.5) is 0 Å². The lowest BCUT2D eigenvalue weighted by molar-refractivity contribution is 0.0698. The molecule has 0 fully saturated rings. The fraction of sp³-hybridized carbons (Fsp3) is 0.500. The molecular formula is C16H22N2O3. The van der Waals surface area contributed by atoms with Crippen LogP contribution in [0.3, 0.4) is 0 Å². The molecule has 0 atom stereocenters. The summed E-state index contributed by atoms with van der Waals surface area (Å²) in [5, 5.41) is 9.22. The molecule has 5 nitrogen and oxygen atoms in total. The first kappa shape index (κ1) is 15.5. The number of para-hydroxylation sites is 1. The largest absolute Gasteiger partial charge is 0.478 e. The van der Waals surface area contributed by atoms with Gasteiger partial charge >= 0.3 is 5.97 Å². The van der Waals surface area contributed by atoms with E-state index in [1.165, 1.54) is 0 Å². The van der Waals surface area contributed by atoms with Gasteiger partial charge in [-0.15, -0.1) is 0 Å². The van der Waals surface area contributed by atoms with Gasteiger partial charge in [0.15, 0.2) is 0 Å². The minimum Gasteiger partial charge on any atom is -0.478 e. The van der Waals surface area contributed by atoms with Crippen molar-refractivity contribution >= 4 is 17.0 Å². The van der Waals surface area contributed by atoms with E-state index in [-0.39, 0.29) is 11.7 Å². The van der Waals surface area contributed by atoms with Crippen LogP contribution < -0.4 is 0 Å². The van der Waals surface area contributed by atoms with E-state index >= 15 is 0 Å². The molecule has 0 aliphatic carbocycles. The monoisotopic (exact) mass is 290 g/mol. The van der Waals surface area contributed by atoms with E-state index < -0.39 is 5.97 Å². The number of nitrogens with zero attached hydrogens (tertiary/aromatic N) is 2. The Balaban J connectivity index is 2.11. The quantitative estimate of drug-likeness (QED) is 0.795. The maximum absolute atomic E-state index is 11.2. The number of hydrogen-bond donors (Lipinski definition) is 1. The zero-order valence-electron chi connectivity index (χ0n) is 12.8. The molecule has 2 aromatic rings. The summed E-state index contributed by atoms with van der Waals surface area (Å²) in [5.41, 5.74) is 1.72. The van der Waals surface area contributed by atoms with Crippen LogP contribution in [0.5, 0.6) is 0 Å². The molecule has 0 radical (unpaired) electrons. The summed E-state index contributed by atoms with van der Waals surface area (Å²) in [6.45, 7) is 7.55. The van der Waals surface area contributed by atoms with Crippen molar-refractivity contribution in [3.05, 3.63) is 29.6 Å². The number of imidazole rings is 1. The maximum atomic E-state index is 11.2. The SMILES string of the molecule is Cc1nc2c(C(=O)O)cccc2n1CCCCOC(C)C. The molecule has 0 bridgehead atoms. The average Bonchev–Trinajstić information content (AvgIpc) is 2.73. The maximum Gasteiger partial charge on any atom is 0.337 e. The molecule has 1 heterocycles. The van der Waals surface area contributed by atoms with Gasteiger partial charge in [-0.05, 0) is 45.7 Å². The first-order chi connectivity index (χ1) is 10.0. The molecule has 114 valence electrons. The third-order valence-corrected chi connectivity index (χ3v) is 3.43. The molecule has 0 saturated carbocycles. The summed E-state index contributed by atoms with van der Waals surface area (Å²) in [7, 11) is 0. The lowest BCUT2D eigenvalue weighted by atomic mass is 10.2. The predicted octanol–water partition coefficient (Wildman–Crippen LogP) is 3.25. The second kappa shape index (κ2) is 6.72. The highest BCUT2D eigenvalue weighted by molar-refractivity contribution is 6.01. The Morgan fingerprint density at radius 3 is 2.81 bits per heavy atom. The summed E-state index contributed by atoms with van der Waals surface area (Å²) >= 11 is 0. The van der Waals surface area contributed by atoms with Crippen molar-refractivity contribution in [2.24, 2.45) is 0 Å². The topological polar surface area (TPSA) is 64.3 Å². The lowest BCUT2D eigenvalue weighted by Crippen LogP contribution is -2.06. The van der Waals surface area contributed by atoms with Gasteiger partial charge in [-0.3, -0.25) is 0 Å². The van der Waals surface area contributed by atoms with Gasteiger partial charge in [-0.2, -0.15) is 0 Å². The van der Waals surface area contributed by atoms with Gasteiger partial charge < -0.3 is 14.4 Å². The Morgan fingerprint density at radius 1 is 1.38 bits per heavy atom. The second-order valence-electron chi connectivity index (χ2n) is 5.42. The van der Waals surface area contributed by atoms with Crippen LogP contribution in [-0.2, 0) is 11.3 Å². The van der Waals surface area contributed by atoms with E-state index in [0.717, 1.165) is 37.3 Å². The van der Waals surface area contributed by atoms with Crippen molar-refractivity contribution in [1.82, 2.24) is 9.55 Å². The fourth-order valence-electron chi connectivity index (χ4n) is 2.41. The van der Waals surface area contributed by atoms with E-state index in [1.54, 1.807) is 12.1 Å². The Bertz CT molecular complexity index is 632. The molecule has 2 rings (SSSR count). The van der Waals surface area contributed by atoms with E-state index in [4.69, 9.17) is 4.74 Å². The number of ether oxygens (including phenoxy) is 1. The van der Waals surface area contributed by atoms with Crippen molar-refractivity contribution in [1.29, 1.82) is 0 Å². The van der Waals surface area contributed by atoms with Crippen LogP contribution in [-0.4, -0.2) is 33.3 Å². The number of benzene rings is 1. The minimum absolute atomic E-state index is 0.262. The van der Waals surface area contributed by atoms with Crippen molar-refractivity contribution in [2.45, 2.75) is 46.3 Å². The van der Waals surface area contributed by atoms with Crippen molar-refractivity contribution in [3.63, 3.8) is 0 Å². The first-order valence-electron chi connectivity index (χ1n) is 7.31. The number of fused-ring (bicyclic) bond motifs is 1. The molecular weight excluding hydrogens is 268 g/mol. The predicted molar refractivity (Wildman–Crippen MR) is 81.8 cm³/mol. The number of carbonyl (C=O) groups is 1. The molecule has 0 saturated heterocycles. The standard InChI is InChI=1S/C16H22N2O3/c1-11(2)21-10-5-4-9-18-12(3)17-15-13(16(19)20)7-6-8-14(15)18/h6-8,11H,4-5,9-10H2,1-3H3,(H,19,20). The van der Waals surface area contributed by atoms with Crippen molar-refractivity contribution in [2.75, 3.05) is 6.61 Å². The number of carboxylic acid groups (broad SMARTS) is 1. The van der Waals surface area contributed by atoms with Crippen molar-refractivity contribution < 1.29 is 14.6 Å². The molecule has 0 spiro atoms. The van der Waals surface area contributed by atoms with Gasteiger partial charge in [0.1, 0.15) is 11.3 Å². The highest BCUT2D eigenvalue weighted by atomic mass is 16.5. The van der Waals surface area contributed by atoms with Crippen molar-refractivity contribution in [3.8, 4) is 0 Å². The summed E-state index contributed by atoms with van der Waals surface area (Å²) in [6.07, 6.45) is 2.23. The Hall–Kier alpha value is -1.88. The third kappa shape index (κ3) is 3.61. The summed E-state index contributed by atoms with van der Waals surface area (Å²) < 4.78 is 7.61. The van der Waals surface area contributed by atoms with Crippen LogP contribution >= 0.6 is 0 Å². The minimum atomic E-state index is -0.935. The molecule has 5 heteroatoms. The average molecular weight is 290 g/mol. The summed E-state index contributed by atoms with van der Waals surface area (Å²) in [6, 6.07) is 5.29. The fourth-order valence-corrected chi connectivity index (χ4v) is 2.41. The smallest absolute Gasteiger partial charge is 0.337 e. The number of hydrogen-bond acceptors (Lipinski definition) is 3. The Morgan fingerprint density at radius 2 is 2.14 bits per heavy atom. The number of unbranched alkanes of at least 4 members (excludes halogenated alkanes) is 1. The number of aromatic carboxylic acids is 1. The number of aromatic nitrogens is 2. The van der Waals surface area contributed by atoms with E-state index in [2.05, 4.69) is 9.55 Å². The van der Waals surface area contributed by atoms with Gasteiger partial charge in [0, 0.05) is 13.2 Å². The molecule has 0 aliphatic heterocycles. The zero-order valence-corrected chi connectivity index (χ0v) is 12.8. The first-order valence-corrected chi connectivity index (χ1v) is 7.31. The van der Waals surface area contributed by atoms with Gasteiger partial charge in [0.25, 0.3) is 0 Å². The van der Waals surface area contributed by atoms with Gasteiger partial charge in [-0.1, -0.05) is 6.07 Å². The highest BCUT2D eigenvalue weighted by Gasteiger charge is 2.14. The highest BCUT2D eigenvalue weighted by Crippen LogP contribution is 2.20. The lowest BCUT2D eigenvalue weighted by Gasteiger charge is -2.09. The van der Waals surface area contributed by atoms with Crippen LogP contribution in [0, 0.1) is 6.92 Å². The molecule has 0 unspecified atom stereocenters. The van der Waals surface area contributed by atoms with Crippen LogP contribution in [0.25, 0.3) is 11.0 Å². The van der Waals surface area contributed by atoms with Crippen LogP contribution in [0.15, 0.2) is 18.2 Å². The van der Waals surface area contributed by atoms with E-state index in [1.807, 2.05) is 26.8 Å². The molecule has 1 N–H and O–H groups in total. The van der Waals surface area contributed by atoms with Gasteiger partial charge in [0.2, 0.25) is 0 Å². The second-order valence-corrected chi connectivity index (χ2v) is 5.42. The number of rotatable bonds is 7. The van der Waals surface area contributed by atoms with E-state index in [0.29, 0.717) is 5.52 Å². The molecule has 0 amide bonds. The molecule has 21 heavy (non-hydrogen) atoms. The van der Waals surface area contributed by atoms with Gasteiger partial charge in [-0.25, -0.2) is 9.78 Å². The molecule has 0 aliphatic rings. The van der Waals surface area contributed by atoms with E-state index in [9.17, 15) is 9.90 Å². The number of carboxylic acids is 1. The van der Waals surface area contributed by atoms with Crippen LogP contribution in [0.1, 0.15) is 42.9 Å². The number of aryl methyl sites for hydroxylation is 2. The van der Waals surface area contributed by atoms with Crippen LogP contribution in [0.2, 0.25) is 0 Å². The summed E-state index contributed by atoms with van der Waals surface area (Å²) in [5.74, 6) is -0.0842. The normalized spacial score (nSPS) is 11.4. The Labute approximate surface area is 124 Å². The zero-order chi connectivity index (χ0) is 15.4. The van der Waals surface area contributed by atoms with Gasteiger partial charge in [0.05, 0.1) is 17.2 Å².